The summed E-state index contributed by atoms with van der Waals surface area (Å²) in [5.74, 6) is -0.130. The van der Waals surface area contributed by atoms with Gasteiger partial charge in [-0.25, -0.2) is 0 Å². The molecule has 1 fully saturated rings. The molecule has 1 rings (SSSR count). The molecule has 1 amide bonds. The maximum Gasteiger partial charge on any atom is 0.220 e. The predicted octanol–water partition coefficient (Wildman–Crippen LogP) is 1.12. The molecule has 17 heavy (non-hydrogen) atoms. The second kappa shape index (κ2) is 6.15. The van der Waals surface area contributed by atoms with Crippen molar-refractivity contribution in [2.24, 2.45) is 17.8 Å². The first-order valence-corrected chi connectivity index (χ1v) is 6.44. The lowest BCUT2D eigenvalue weighted by Crippen LogP contribution is -2.36. The van der Waals surface area contributed by atoms with Gasteiger partial charge < -0.3 is 10.4 Å². The van der Waals surface area contributed by atoms with Gasteiger partial charge in [0, 0.05) is 25.3 Å². The normalized spacial score (nSPS) is 27.9. The molecule has 2 N–H and O–H groups in total. The van der Waals surface area contributed by atoms with E-state index in [1.165, 1.54) is 0 Å². The van der Waals surface area contributed by atoms with E-state index in [0.717, 1.165) is 6.42 Å². The van der Waals surface area contributed by atoms with Crippen LogP contribution in [0.1, 0.15) is 40.0 Å². The molecular formula is C13H23NO3. The topological polar surface area (TPSA) is 66.4 Å². The Hall–Kier alpha value is -0.900. The fraction of sp³-hybridized carbons (Fsp3) is 0.846. The summed E-state index contributed by atoms with van der Waals surface area (Å²) in [5, 5.41) is 12.9. The van der Waals surface area contributed by atoms with Crippen LogP contribution in [0.15, 0.2) is 0 Å². The first-order chi connectivity index (χ1) is 7.97. The molecule has 0 aromatic carbocycles. The fourth-order valence-electron chi connectivity index (χ4n) is 2.60. The Morgan fingerprint density at radius 1 is 1.59 bits per heavy atom. The lowest BCUT2D eigenvalue weighted by atomic mass is 9.83. The van der Waals surface area contributed by atoms with Crippen molar-refractivity contribution in [3.05, 3.63) is 0 Å². The zero-order chi connectivity index (χ0) is 13.0. The van der Waals surface area contributed by atoms with Crippen molar-refractivity contribution in [3.63, 3.8) is 0 Å². The number of Topliss-reactive ketones (excluding diaryl/α,β-unsaturated/α-hetero) is 1. The minimum atomic E-state index is -0.692. The number of carbonyl (C=O) groups excluding carboxylic acids is 2. The average Bonchev–Trinajstić information content (AvgIpc) is 2.58. The van der Waals surface area contributed by atoms with Gasteiger partial charge in [-0.3, -0.25) is 9.59 Å². The summed E-state index contributed by atoms with van der Waals surface area (Å²) in [6.45, 7) is 6.29. The number of aliphatic hydroxyl groups excluding tert-OH is 1. The maximum absolute atomic E-state index is 11.7. The zero-order valence-corrected chi connectivity index (χ0v) is 10.9. The molecule has 4 atom stereocenters. The third kappa shape index (κ3) is 3.53. The molecule has 0 spiro atoms. The van der Waals surface area contributed by atoms with Gasteiger partial charge in [-0.1, -0.05) is 13.8 Å². The smallest absolute Gasteiger partial charge is 0.220 e. The number of hydrogen-bond acceptors (Lipinski definition) is 3. The third-order valence-electron chi connectivity index (χ3n) is 3.66. The molecule has 98 valence electrons. The van der Waals surface area contributed by atoms with Crippen molar-refractivity contribution in [2.45, 2.75) is 46.1 Å². The van der Waals surface area contributed by atoms with Crippen LogP contribution in [-0.4, -0.2) is 29.4 Å². The van der Waals surface area contributed by atoms with Crippen LogP contribution in [0.3, 0.4) is 0 Å². The van der Waals surface area contributed by atoms with Gasteiger partial charge >= 0.3 is 0 Å². The molecule has 0 aromatic rings. The molecule has 0 heterocycles. The summed E-state index contributed by atoms with van der Waals surface area (Å²) in [4.78, 5) is 23.1. The zero-order valence-electron chi connectivity index (χ0n) is 10.9. The van der Waals surface area contributed by atoms with Gasteiger partial charge in [0.2, 0.25) is 5.91 Å². The quantitative estimate of drug-likeness (QED) is 0.758. The van der Waals surface area contributed by atoms with Crippen molar-refractivity contribution >= 4 is 11.7 Å². The van der Waals surface area contributed by atoms with Crippen LogP contribution in [-0.2, 0) is 9.59 Å². The van der Waals surface area contributed by atoms with E-state index in [0.29, 0.717) is 13.0 Å². The molecule has 1 saturated carbocycles. The molecule has 1 aliphatic rings. The summed E-state index contributed by atoms with van der Waals surface area (Å²) in [7, 11) is 0. The number of hydrogen-bond donors (Lipinski definition) is 2. The van der Waals surface area contributed by atoms with Crippen molar-refractivity contribution in [1.82, 2.24) is 5.32 Å². The van der Waals surface area contributed by atoms with E-state index in [2.05, 4.69) is 5.32 Å². The number of aliphatic hydroxyl groups is 1. The Balaban J connectivity index is 2.53. The van der Waals surface area contributed by atoms with Gasteiger partial charge in [0.15, 0.2) is 0 Å². The van der Waals surface area contributed by atoms with E-state index in [-0.39, 0.29) is 35.9 Å². The lowest BCUT2D eigenvalue weighted by Gasteiger charge is -2.26. The highest BCUT2D eigenvalue weighted by molar-refractivity contribution is 5.84. The Labute approximate surface area is 103 Å². The van der Waals surface area contributed by atoms with E-state index in [1.807, 2.05) is 20.8 Å². The van der Waals surface area contributed by atoms with Gasteiger partial charge in [0.1, 0.15) is 5.78 Å². The SMILES string of the molecule is CCNC(=O)C[C@@H](C)[C@@H](O)[C@H]1C(=O)CCC1C. The van der Waals surface area contributed by atoms with E-state index < -0.39 is 6.10 Å². The summed E-state index contributed by atoms with van der Waals surface area (Å²) >= 11 is 0. The summed E-state index contributed by atoms with van der Waals surface area (Å²) in [6, 6.07) is 0. The molecule has 1 unspecified atom stereocenters. The average molecular weight is 241 g/mol. The first kappa shape index (κ1) is 14.2. The number of carbonyl (C=O) groups is 2. The molecule has 0 bridgehead atoms. The Morgan fingerprint density at radius 3 is 2.71 bits per heavy atom. The number of ketones is 1. The lowest BCUT2D eigenvalue weighted by molar-refractivity contribution is -0.129. The summed E-state index contributed by atoms with van der Waals surface area (Å²) in [5.41, 5.74) is 0. The second-order valence-corrected chi connectivity index (χ2v) is 5.13. The van der Waals surface area contributed by atoms with Crippen LogP contribution in [0.5, 0.6) is 0 Å². The van der Waals surface area contributed by atoms with E-state index >= 15 is 0 Å². The van der Waals surface area contributed by atoms with Crippen LogP contribution < -0.4 is 5.32 Å². The highest BCUT2D eigenvalue weighted by atomic mass is 16.3. The van der Waals surface area contributed by atoms with E-state index in [1.54, 1.807) is 0 Å². The third-order valence-corrected chi connectivity index (χ3v) is 3.66. The Bertz CT molecular complexity index is 290. The van der Waals surface area contributed by atoms with Crippen LogP contribution in [0.25, 0.3) is 0 Å². The van der Waals surface area contributed by atoms with Crippen molar-refractivity contribution in [1.29, 1.82) is 0 Å². The Kier molecular flexibility index (Phi) is 5.12. The first-order valence-electron chi connectivity index (χ1n) is 6.44. The number of amides is 1. The van der Waals surface area contributed by atoms with Crippen molar-refractivity contribution < 1.29 is 14.7 Å². The van der Waals surface area contributed by atoms with E-state index in [9.17, 15) is 14.7 Å². The molecule has 0 aliphatic heterocycles. The molecule has 0 aromatic heterocycles. The van der Waals surface area contributed by atoms with Crippen LogP contribution in [0, 0.1) is 17.8 Å². The van der Waals surface area contributed by atoms with Crippen molar-refractivity contribution in [3.8, 4) is 0 Å². The molecule has 1 aliphatic carbocycles. The second-order valence-electron chi connectivity index (χ2n) is 5.13. The number of rotatable bonds is 5. The largest absolute Gasteiger partial charge is 0.392 e. The van der Waals surface area contributed by atoms with Crippen LogP contribution in [0.2, 0.25) is 0 Å². The Morgan fingerprint density at radius 2 is 2.24 bits per heavy atom. The molecular weight excluding hydrogens is 218 g/mol. The predicted molar refractivity (Wildman–Crippen MR) is 65.4 cm³/mol. The molecule has 0 saturated heterocycles. The monoisotopic (exact) mass is 241 g/mol. The summed E-state index contributed by atoms with van der Waals surface area (Å²) < 4.78 is 0. The van der Waals surface area contributed by atoms with Gasteiger partial charge in [-0.15, -0.1) is 0 Å². The minimum absolute atomic E-state index is 0.0582. The molecule has 0 radical (unpaired) electrons. The highest BCUT2D eigenvalue weighted by Gasteiger charge is 2.39. The standard InChI is InChI=1S/C13H23NO3/c1-4-14-11(16)7-9(3)13(17)12-8(2)5-6-10(12)15/h8-9,12-13,17H,4-7H2,1-3H3,(H,14,16)/t8?,9-,12-,13-/m1/s1. The van der Waals surface area contributed by atoms with Crippen LogP contribution in [0.4, 0.5) is 0 Å². The molecule has 4 heteroatoms. The summed E-state index contributed by atoms with van der Waals surface area (Å²) in [6.07, 6.45) is 1.01. The fourth-order valence-corrected chi connectivity index (χ4v) is 2.60. The molecule has 4 nitrogen and oxygen atoms in total. The van der Waals surface area contributed by atoms with Gasteiger partial charge in [-0.05, 0) is 25.2 Å². The van der Waals surface area contributed by atoms with Crippen LogP contribution >= 0.6 is 0 Å². The van der Waals surface area contributed by atoms with Gasteiger partial charge in [-0.2, -0.15) is 0 Å². The van der Waals surface area contributed by atoms with E-state index in [4.69, 9.17) is 0 Å². The number of nitrogens with one attached hydrogen (secondary N) is 1. The van der Waals surface area contributed by atoms with Gasteiger partial charge in [0.05, 0.1) is 6.10 Å². The minimum Gasteiger partial charge on any atom is -0.392 e. The highest BCUT2D eigenvalue weighted by Crippen LogP contribution is 2.34. The van der Waals surface area contributed by atoms with Gasteiger partial charge in [0.25, 0.3) is 0 Å². The maximum atomic E-state index is 11.7. The van der Waals surface area contributed by atoms with Crippen molar-refractivity contribution in [2.75, 3.05) is 6.54 Å².